The lowest BCUT2D eigenvalue weighted by atomic mass is 9.82. The van der Waals surface area contributed by atoms with E-state index in [0.29, 0.717) is 0 Å². The summed E-state index contributed by atoms with van der Waals surface area (Å²) in [5, 5.41) is 0. The van der Waals surface area contributed by atoms with Gasteiger partial charge in [-0.1, -0.05) is 0 Å². The van der Waals surface area contributed by atoms with Crippen molar-refractivity contribution in [1.29, 1.82) is 0 Å². The van der Waals surface area contributed by atoms with Gasteiger partial charge in [-0.2, -0.15) is 0 Å². The number of fused-ring (bicyclic) bond motifs is 1. The van der Waals surface area contributed by atoms with E-state index in [2.05, 4.69) is 13.0 Å². The third kappa shape index (κ3) is 1.91. The maximum absolute atomic E-state index is 6.26. The van der Waals surface area contributed by atoms with Crippen LogP contribution in [0.2, 0.25) is 0 Å². The van der Waals surface area contributed by atoms with Gasteiger partial charge in [-0.3, -0.25) is 0 Å². The second kappa shape index (κ2) is 4.96. The topological polar surface area (TPSA) is 44.5 Å². The Morgan fingerprint density at radius 1 is 1.10 bits per heavy atom. The molecule has 0 bridgehead atoms. The predicted molar refractivity (Wildman–Crippen MR) is 80.7 cm³/mol. The van der Waals surface area contributed by atoms with E-state index in [1.54, 1.807) is 14.2 Å². The Morgan fingerprint density at radius 2 is 1.75 bits per heavy atom. The molecule has 0 saturated heterocycles. The Kier molecular flexibility index (Phi) is 3.41. The van der Waals surface area contributed by atoms with Crippen molar-refractivity contribution >= 4 is 0 Å². The predicted octanol–water partition coefficient (Wildman–Crippen LogP) is 2.96. The third-order valence-electron chi connectivity index (χ3n) is 5.18. The first-order valence-electron chi connectivity index (χ1n) is 7.67. The lowest BCUT2D eigenvalue weighted by Crippen LogP contribution is -2.32. The van der Waals surface area contributed by atoms with Crippen LogP contribution in [-0.4, -0.2) is 20.3 Å². The molecule has 1 saturated carbocycles. The number of ether oxygens (including phenoxy) is 2. The molecule has 0 heterocycles. The second-order valence-corrected chi connectivity index (χ2v) is 6.27. The SMILES string of the molecule is COc1cc(C2(C(C)N)CC2)c(OC)c2c1CCCC2. The van der Waals surface area contributed by atoms with E-state index in [1.807, 2.05) is 0 Å². The molecule has 1 unspecified atom stereocenters. The molecule has 1 aromatic rings. The van der Waals surface area contributed by atoms with Crippen molar-refractivity contribution in [2.45, 2.75) is 56.9 Å². The van der Waals surface area contributed by atoms with Gasteiger partial charge in [0.15, 0.2) is 0 Å². The molecule has 3 nitrogen and oxygen atoms in total. The first-order valence-corrected chi connectivity index (χ1v) is 7.67. The highest BCUT2D eigenvalue weighted by atomic mass is 16.5. The summed E-state index contributed by atoms with van der Waals surface area (Å²) >= 11 is 0. The van der Waals surface area contributed by atoms with Gasteiger partial charge in [0.1, 0.15) is 11.5 Å². The molecule has 0 amide bonds. The van der Waals surface area contributed by atoms with Gasteiger partial charge in [-0.25, -0.2) is 0 Å². The molecule has 0 aliphatic heterocycles. The Labute approximate surface area is 121 Å². The van der Waals surface area contributed by atoms with Crippen LogP contribution in [0.15, 0.2) is 6.07 Å². The van der Waals surface area contributed by atoms with Gasteiger partial charge < -0.3 is 15.2 Å². The fourth-order valence-electron chi connectivity index (χ4n) is 3.76. The number of methoxy groups -OCH3 is 2. The standard InChI is InChI=1S/C17H25NO2/c1-11(18)17(8-9-17)14-10-15(19-2)12-6-4-5-7-13(12)16(14)20-3/h10-11H,4-9,18H2,1-3H3. The van der Waals surface area contributed by atoms with E-state index in [-0.39, 0.29) is 11.5 Å². The monoisotopic (exact) mass is 275 g/mol. The molecule has 110 valence electrons. The Balaban J connectivity index is 2.19. The maximum atomic E-state index is 6.26. The zero-order valence-electron chi connectivity index (χ0n) is 12.8. The fraction of sp³-hybridized carbons (Fsp3) is 0.647. The number of nitrogens with two attached hydrogens (primary N) is 1. The molecular formula is C17H25NO2. The van der Waals surface area contributed by atoms with Gasteiger partial charge in [-0.05, 0) is 51.5 Å². The van der Waals surface area contributed by atoms with Crippen LogP contribution in [0.25, 0.3) is 0 Å². The van der Waals surface area contributed by atoms with Gasteiger partial charge in [0, 0.05) is 28.1 Å². The van der Waals surface area contributed by atoms with Gasteiger partial charge >= 0.3 is 0 Å². The number of rotatable bonds is 4. The van der Waals surface area contributed by atoms with Crippen LogP contribution in [0.5, 0.6) is 11.5 Å². The molecule has 1 aromatic carbocycles. The highest BCUT2D eigenvalue weighted by molar-refractivity contribution is 5.59. The van der Waals surface area contributed by atoms with Crippen LogP contribution >= 0.6 is 0 Å². The third-order valence-corrected chi connectivity index (χ3v) is 5.18. The van der Waals surface area contributed by atoms with Crippen LogP contribution in [0.4, 0.5) is 0 Å². The van der Waals surface area contributed by atoms with Crippen LogP contribution in [0.3, 0.4) is 0 Å². The average Bonchev–Trinajstić information content (AvgIpc) is 3.27. The van der Waals surface area contributed by atoms with Crippen molar-refractivity contribution in [3.05, 3.63) is 22.8 Å². The largest absolute Gasteiger partial charge is 0.496 e. The molecule has 3 heteroatoms. The maximum Gasteiger partial charge on any atom is 0.126 e. The van der Waals surface area contributed by atoms with E-state index in [0.717, 1.165) is 37.2 Å². The minimum Gasteiger partial charge on any atom is -0.496 e. The molecule has 0 radical (unpaired) electrons. The number of hydrogen-bond acceptors (Lipinski definition) is 3. The lowest BCUT2D eigenvalue weighted by molar-refractivity contribution is 0.376. The zero-order valence-corrected chi connectivity index (χ0v) is 12.8. The summed E-state index contributed by atoms with van der Waals surface area (Å²) in [6.45, 7) is 2.11. The van der Waals surface area contributed by atoms with Crippen molar-refractivity contribution in [1.82, 2.24) is 0 Å². The molecule has 20 heavy (non-hydrogen) atoms. The van der Waals surface area contributed by atoms with E-state index in [4.69, 9.17) is 15.2 Å². The van der Waals surface area contributed by atoms with E-state index in [9.17, 15) is 0 Å². The van der Waals surface area contributed by atoms with Crippen molar-refractivity contribution in [2.75, 3.05) is 14.2 Å². The quantitative estimate of drug-likeness (QED) is 0.919. The van der Waals surface area contributed by atoms with Crippen molar-refractivity contribution in [3.8, 4) is 11.5 Å². The summed E-state index contributed by atoms with van der Waals surface area (Å²) < 4.78 is 11.5. The molecule has 3 rings (SSSR count). The summed E-state index contributed by atoms with van der Waals surface area (Å²) in [7, 11) is 3.56. The molecule has 2 aliphatic rings. The highest BCUT2D eigenvalue weighted by Crippen LogP contribution is 2.56. The van der Waals surface area contributed by atoms with Gasteiger partial charge in [0.25, 0.3) is 0 Å². The van der Waals surface area contributed by atoms with Crippen LogP contribution in [0, 0.1) is 0 Å². The summed E-state index contributed by atoms with van der Waals surface area (Å²) in [6.07, 6.45) is 6.98. The van der Waals surface area contributed by atoms with Crippen molar-refractivity contribution < 1.29 is 9.47 Å². The Hall–Kier alpha value is -1.22. The molecule has 0 spiro atoms. The first-order chi connectivity index (χ1) is 9.64. The molecule has 2 N–H and O–H groups in total. The van der Waals surface area contributed by atoms with Crippen LogP contribution < -0.4 is 15.2 Å². The van der Waals surface area contributed by atoms with Gasteiger partial charge in [0.2, 0.25) is 0 Å². The average molecular weight is 275 g/mol. The number of hydrogen-bond donors (Lipinski definition) is 1. The molecular weight excluding hydrogens is 250 g/mol. The molecule has 0 aromatic heterocycles. The van der Waals surface area contributed by atoms with Crippen LogP contribution in [-0.2, 0) is 18.3 Å². The zero-order chi connectivity index (χ0) is 14.3. The minimum absolute atomic E-state index is 0.102. The first kappa shape index (κ1) is 13.7. The van der Waals surface area contributed by atoms with Crippen molar-refractivity contribution in [2.24, 2.45) is 5.73 Å². The Bertz CT molecular complexity index is 518. The summed E-state index contributed by atoms with van der Waals surface area (Å²) in [6, 6.07) is 2.35. The molecule has 1 fully saturated rings. The smallest absolute Gasteiger partial charge is 0.126 e. The van der Waals surface area contributed by atoms with Gasteiger partial charge in [0.05, 0.1) is 14.2 Å². The Morgan fingerprint density at radius 3 is 2.25 bits per heavy atom. The summed E-state index contributed by atoms with van der Waals surface area (Å²) in [5.74, 6) is 2.11. The summed E-state index contributed by atoms with van der Waals surface area (Å²) in [5.41, 5.74) is 10.3. The van der Waals surface area contributed by atoms with E-state index in [1.165, 1.54) is 29.5 Å². The highest BCUT2D eigenvalue weighted by Gasteiger charge is 2.50. The molecule has 1 atom stereocenters. The van der Waals surface area contributed by atoms with E-state index < -0.39 is 0 Å². The van der Waals surface area contributed by atoms with Crippen molar-refractivity contribution in [3.63, 3.8) is 0 Å². The fourth-order valence-corrected chi connectivity index (χ4v) is 3.76. The number of benzene rings is 1. The summed E-state index contributed by atoms with van der Waals surface area (Å²) in [4.78, 5) is 0. The van der Waals surface area contributed by atoms with Crippen LogP contribution in [0.1, 0.15) is 49.3 Å². The normalized spacial score (nSPS) is 21.0. The lowest BCUT2D eigenvalue weighted by Gasteiger charge is -2.29. The van der Waals surface area contributed by atoms with E-state index >= 15 is 0 Å². The van der Waals surface area contributed by atoms with Gasteiger partial charge in [-0.15, -0.1) is 0 Å². The second-order valence-electron chi connectivity index (χ2n) is 6.27. The molecule has 2 aliphatic carbocycles. The minimum atomic E-state index is 0.102.